The van der Waals surface area contributed by atoms with E-state index in [0.29, 0.717) is 23.1 Å². The van der Waals surface area contributed by atoms with Gasteiger partial charge in [-0.2, -0.15) is 0 Å². The van der Waals surface area contributed by atoms with Crippen molar-refractivity contribution >= 4 is 23.5 Å². The van der Waals surface area contributed by atoms with Gasteiger partial charge in [-0.3, -0.25) is 0 Å². The molecule has 0 radical (unpaired) electrons. The SMILES string of the molecule is C[C@]12[C@H]3[C@@H]4[C@@H]5[C@@H]6[C@@H]7[C@@H](CC[C@@H]7O[C@H](Sc7ccccc7)[C@@]6(C)[C@@H]4[C@@H]4CC[C@H](O[C@@H]1Sc1ccccc1)[C@@H]43)[C@H]52. The molecule has 2 aromatic rings. The van der Waals surface area contributed by atoms with Gasteiger partial charge < -0.3 is 9.47 Å². The van der Waals surface area contributed by atoms with Crippen LogP contribution < -0.4 is 0 Å². The van der Waals surface area contributed by atoms with Gasteiger partial charge >= 0.3 is 0 Å². The molecule has 0 amide bonds. The summed E-state index contributed by atoms with van der Waals surface area (Å²) in [5, 5.41) is 0. The van der Waals surface area contributed by atoms with E-state index in [4.69, 9.17) is 9.47 Å². The van der Waals surface area contributed by atoms with E-state index >= 15 is 0 Å². The van der Waals surface area contributed by atoms with Crippen LogP contribution in [-0.2, 0) is 9.47 Å². The number of hydrogen-bond donors (Lipinski definition) is 0. The van der Waals surface area contributed by atoms with Crippen LogP contribution in [0.1, 0.15) is 39.5 Å². The summed E-state index contributed by atoms with van der Waals surface area (Å²) in [7, 11) is 0. The van der Waals surface area contributed by atoms with Gasteiger partial charge in [0.1, 0.15) is 10.9 Å². The van der Waals surface area contributed by atoms with Crippen LogP contribution in [0, 0.1) is 70.0 Å². The topological polar surface area (TPSA) is 18.5 Å². The third-order valence-corrected chi connectivity index (χ3v) is 16.5. The lowest BCUT2D eigenvalue weighted by Gasteiger charge is -2.53. The Morgan fingerprint density at radius 1 is 0.553 bits per heavy atom. The van der Waals surface area contributed by atoms with Gasteiger partial charge in [0.2, 0.25) is 0 Å². The summed E-state index contributed by atoms with van der Waals surface area (Å²) < 4.78 is 14.6. The van der Waals surface area contributed by atoms with E-state index in [9.17, 15) is 0 Å². The first-order valence-corrected chi connectivity index (χ1v) is 17.1. The average Bonchev–Trinajstić information content (AvgIpc) is 3.73. The minimum absolute atomic E-state index is 0.286. The number of ether oxygens (including phenoxy) is 2. The number of fused-ring (bicyclic) bond motifs is 4. The maximum Gasteiger partial charge on any atom is 0.114 e. The molecule has 16 atom stereocenters. The quantitative estimate of drug-likeness (QED) is 0.392. The molecule has 8 fully saturated rings. The molecule has 6 aliphatic carbocycles. The normalized spacial score (nSPS) is 57.5. The maximum absolute atomic E-state index is 7.31. The van der Waals surface area contributed by atoms with Gasteiger partial charge in [0, 0.05) is 20.6 Å². The molecule has 2 heterocycles. The van der Waals surface area contributed by atoms with Crippen molar-refractivity contribution in [1.82, 2.24) is 0 Å². The lowest BCUT2D eigenvalue weighted by molar-refractivity contribution is -0.160. The largest absolute Gasteiger partial charge is 0.363 e. The molecule has 198 valence electrons. The van der Waals surface area contributed by atoms with Crippen LogP contribution in [-0.4, -0.2) is 23.1 Å². The minimum atomic E-state index is 0.286. The molecule has 2 saturated heterocycles. The molecular weight excluding hydrogens is 505 g/mol. The third kappa shape index (κ3) is 2.44. The number of rotatable bonds is 4. The van der Waals surface area contributed by atoms with Crippen molar-refractivity contribution in [3.8, 4) is 0 Å². The van der Waals surface area contributed by atoms with Crippen LogP contribution in [0.25, 0.3) is 0 Å². The van der Waals surface area contributed by atoms with Crippen molar-refractivity contribution in [1.29, 1.82) is 0 Å². The number of thioether (sulfide) groups is 2. The monoisotopic (exact) mass is 542 g/mol. The highest BCUT2D eigenvalue weighted by atomic mass is 32.2. The van der Waals surface area contributed by atoms with Crippen molar-refractivity contribution in [3.63, 3.8) is 0 Å². The Labute approximate surface area is 235 Å². The summed E-state index contributed by atoms with van der Waals surface area (Å²) in [4.78, 5) is 2.79. The second-order valence-corrected chi connectivity index (χ2v) is 16.8. The van der Waals surface area contributed by atoms with Crippen molar-refractivity contribution in [2.24, 2.45) is 70.0 Å². The van der Waals surface area contributed by atoms with E-state index in [1.54, 1.807) is 0 Å². The van der Waals surface area contributed by atoms with Gasteiger partial charge in [0.05, 0.1) is 12.2 Å². The van der Waals surface area contributed by atoms with Crippen molar-refractivity contribution in [2.45, 2.75) is 72.4 Å². The van der Waals surface area contributed by atoms with Crippen LogP contribution >= 0.6 is 23.5 Å². The summed E-state index contributed by atoms with van der Waals surface area (Å²) in [6, 6.07) is 22.4. The fraction of sp³-hybridized carbons (Fsp3) is 0.647. The van der Waals surface area contributed by atoms with Crippen LogP contribution in [0.4, 0.5) is 0 Å². The zero-order valence-corrected chi connectivity index (χ0v) is 24.0. The predicted molar refractivity (Wildman–Crippen MR) is 152 cm³/mol. The molecule has 0 aromatic heterocycles. The van der Waals surface area contributed by atoms with Gasteiger partial charge in [-0.15, -0.1) is 0 Å². The second-order valence-electron chi connectivity index (χ2n) is 14.5. The molecule has 4 heteroatoms. The Morgan fingerprint density at radius 3 is 1.39 bits per heavy atom. The molecular formula is C34H38O2S2. The molecule has 0 unspecified atom stereocenters. The summed E-state index contributed by atoms with van der Waals surface area (Å²) in [6.07, 6.45) is 6.27. The first-order valence-electron chi connectivity index (χ1n) is 15.3. The zero-order valence-electron chi connectivity index (χ0n) is 22.3. The standard InChI is InChI=1S/C34H38O2S2/c1-33-27-19-13-15-22-24(19)30-25(27)26-28(34(30,2)32(36-22)38-18-11-7-4-8-12-18)20-14-16-21(23(20)29(26)33)35-31(33)37-17-9-5-3-6-10-17/h3-12,19-32H,13-16H2,1-2H3/t19-,20-,21+,22+,23-,24-,25-,26+,27-,28-,29+,30-,31-,32-,33+,34+/m1/s1. The fourth-order valence-corrected chi connectivity index (χ4v) is 16.0. The van der Waals surface area contributed by atoms with Crippen LogP contribution in [0.2, 0.25) is 0 Å². The lowest BCUT2D eigenvalue weighted by Crippen LogP contribution is -2.54. The van der Waals surface area contributed by atoms with Crippen LogP contribution in [0.15, 0.2) is 70.5 Å². The van der Waals surface area contributed by atoms with E-state index in [1.807, 2.05) is 0 Å². The molecule has 8 aliphatic rings. The van der Waals surface area contributed by atoms with Crippen LogP contribution in [0.3, 0.4) is 0 Å². The van der Waals surface area contributed by atoms with Gasteiger partial charge in [-0.1, -0.05) is 73.8 Å². The number of hydrogen-bond acceptors (Lipinski definition) is 4. The van der Waals surface area contributed by atoms with E-state index in [2.05, 4.69) is 98.0 Å². The van der Waals surface area contributed by atoms with Crippen molar-refractivity contribution in [2.75, 3.05) is 0 Å². The summed E-state index contributed by atoms with van der Waals surface area (Å²) in [5.74, 6) is 8.36. The minimum Gasteiger partial charge on any atom is -0.363 e. The average molecular weight is 543 g/mol. The Morgan fingerprint density at radius 2 is 0.974 bits per heavy atom. The second kappa shape index (κ2) is 7.46. The number of benzene rings is 2. The molecule has 2 aliphatic heterocycles. The van der Waals surface area contributed by atoms with Crippen molar-refractivity contribution in [3.05, 3.63) is 60.7 Å². The van der Waals surface area contributed by atoms with Gasteiger partial charge in [-0.05, 0) is 109 Å². The summed E-state index contributed by atoms with van der Waals surface area (Å²) in [5.41, 5.74) is 1.17. The first-order chi connectivity index (χ1) is 18.6. The molecule has 10 rings (SSSR count). The highest BCUT2D eigenvalue weighted by Crippen LogP contribution is 2.88. The Kier molecular flexibility index (Phi) is 4.46. The van der Waals surface area contributed by atoms with Gasteiger partial charge in [-0.25, -0.2) is 0 Å². The Bertz CT molecular complexity index is 1190. The fourth-order valence-electron chi connectivity index (χ4n) is 13.3. The highest BCUT2D eigenvalue weighted by molar-refractivity contribution is 8.00. The van der Waals surface area contributed by atoms with E-state index in [-0.39, 0.29) is 10.8 Å². The zero-order chi connectivity index (χ0) is 25.0. The molecule has 2 nitrogen and oxygen atoms in total. The molecule has 38 heavy (non-hydrogen) atoms. The van der Waals surface area contributed by atoms with Gasteiger partial charge in [0.15, 0.2) is 0 Å². The third-order valence-electron chi connectivity index (χ3n) is 13.7. The van der Waals surface area contributed by atoms with E-state index in [0.717, 1.165) is 59.2 Å². The predicted octanol–water partition coefficient (Wildman–Crippen LogP) is 7.84. The first kappa shape index (κ1) is 22.7. The molecule has 0 bridgehead atoms. The Hall–Kier alpha value is -0.940. The summed E-state index contributed by atoms with van der Waals surface area (Å²) >= 11 is 4.14. The van der Waals surface area contributed by atoms with E-state index in [1.165, 1.54) is 35.5 Å². The molecule has 0 N–H and O–H groups in total. The van der Waals surface area contributed by atoms with E-state index < -0.39 is 0 Å². The van der Waals surface area contributed by atoms with Crippen LogP contribution in [0.5, 0.6) is 0 Å². The maximum atomic E-state index is 7.31. The molecule has 2 aromatic carbocycles. The smallest absolute Gasteiger partial charge is 0.114 e. The molecule has 6 saturated carbocycles. The van der Waals surface area contributed by atoms with Gasteiger partial charge in [0.25, 0.3) is 0 Å². The van der Waals surface area contributed by atoms with Crippen molar-refractivity contribution < 1.29 is 9.47 Å². The lowest BCUT2D eigenvalue weighted by atomic mass is 9.61. The molecule has 0 spiro atoms. The Balaban J connectivity index is 1.13. The summed E-state index contributed by atoms with van der Waals surface area (Å²) in [6.45, 7) is 5.46. The highest BCUT2D eigenvalue weighted by Gasteiger charge is 2.87.